The van der Waals surface area contributed by atoms with Crippen molar-refractivity contribution < 1.29 is 9.47 Å². The van der Waals surface area contributed by atoms with Gasteiger partial charge in [-0.05, 0) is 29.7 Å². The normalized spacial score (nSPS) is 18.8. The molecule has 0 amide bonds. The summed E-state index contributed by atoms with van der Waals surface area (Å²) in [4.78, 5) is 6.76. The number of hydrogen-bond acceptors (Lipinski definition) is 4. The molecule has 1 saturated heterocycles. The molecule has 1 aromatic heterocycles. The number of benzene rings is 1. The minimum Gasteiger partial charge on any atom is -0.454 e. The van der Waals surface area contributed by atoms with Gasteiger partial charge in [-0.3, -0.25) is 9.67 Å². The van der Waals surface area contributed by atoms with Crippen LogP contribution in [-0.2, 0) is 13.6 Å². The maximum absolute atomic E-state index is 5.44. The topological polar surface area (TPSA) is 63.9 Å². The van der Waals surface area contributed by atoms with Crippen molar-refractivity contribution in [1.29, 1.82) is 0 Å². The van der Waals surface area contributed by atoms with Crippen LogP contribution in [0.1, 0.15) is 23.5 Å². The highest BCUT2D eigenvalue weighted by molar-refractivity contribution is 14.0. The quantitative estimate of drug-likeness (QED) is 0.425. The van der Waals surface area contributed by atoms with Crippen molar-refractivity contribution in [1.82, 2.24) is 20.0 Å². The minimum atomic E-state index is 0. The summed E-state index contributed by atoms with van der Waals surface area (Å²) in [6.45, 7) is 2.97. The third kappa shape index (κ3) is 3.89. The standard InChI is InChI=1S/C18H23N5O2.HI/c1-19-18(20-8-13-3-4-16-17(7-13)25-12-24-16)23-6-5-14(11-23)15-9-21-22(2)10-15;/h3-4,7,9-10,14H,5-6,8,11-12H2,1-2H3,(H,19,20);1H. The Morgan fingerprint density at radius 3 is 2.96 bits per heavy atom. The van der Waals surface area contributed by atoms with Gasteiger partial charge in [0.2, 0.25) is 6.79 Å². The number of aryl methyl sites for hydroxylation is 1. The molecule has 0 spiro atoms. The fourth-order valence-electron chi connectivity index (χ4n) is 3.44. The SMILES string of the molecule is CN=C(NCc1ccc2c(c1)OCO2)N1CCC(c2cnn(C)c2)C1.I. The molecule has 2 aromatic rings. The third-order valence-electron chi connectivity index (χ3n) is 4.78. The van der Waals surface area contributed by atoms with Crippen LogP contribution in [0.2, 0.25) is 0 Å². The van der Waals surface area contributed by atoms with Crippen LogP contribution >= 0.6 is 24.0 Å². The average molecular weight is 469 g/mol. The summed E-state index contributed by atoms with van der Waals surface area (Å²) in [7, 11) is 3.79. The first-order chi connectivity index (χ1) is 12.2. The summed E-state index contributed by atoms with van der Waals surface area (Å²) >= 11 is 0. The molecule has 1 aromatic carbocycles. The highest BCUT2D eigenvalue weighted by Crippen LogP contribution is 2.32. The number of rotatable bonds is 3. The number of hydrogen-bond donors (Lipinski definition) is 1. The summed E-state index contributed by atoms with van der Waals surface area (Å²) in [6, 6.07) is 6.03. The van der Waals surface area contributed by atoms with Crippen molar-refractivity contribution >= 4 is 29.9 Å². The predicted molar refractivity (Wildman–Crippen MR) is 110 cm³/mol. The van der Waals surface area contributed by atoms with Gasteiger partial charge in [-0.2, -0.15) is 5.10 Å². The zero-order chi connectivity index (χ0) is 17.2. The molecule has 4 rings (SSSR count). The number of halogens is 1. The molecule has 1 unspecified atom stereocenters. The number of ether oxygens (including phenoxy) is 2. The van der Waals surface area contributed by atoms with Gasteiger partial charge in [0.15, 0.2) is 17.5 Å². The molecule has 0 radical (unpaired) electrons. The van der Waals surface area contributed by atoms with Crippen molar-refractivity contribution in [3.8, 4) is 11.5 Å². The molecule has 7 nitrogen and oxygen atoms in total. The molecule has 1 N–H and O–H groups in total. The lowest BCUT2D eigenvalue weighted by molar-refractivity contribution is 0.174. The third-order valence-corrected chi connectivity index (χ3v) is 4.78. The molecule has 2 aliphatic rings. The lowest BCUT2D eigenvalue weighted by atomic mass is 10.0. The molecular formula is C18H24IN5O2. The van der Waals surface area contributed by atoms with Crippen LogP contribution in [0.5, 0.6) is 11.5 Å². The van der Waals surface area contributed by atoms with Crippen LogP contribution in [-0.4, -0.2) is 47.6 Å². The van der Waals surface area contributed by atoms with E-state index in [1.54, 1.807) is 0 Å². The molecule has 1 atom stereocenters. The Morgan fingerprint density at radius 2 is 2.19 bits per heavy atom. The van der Waals surface area contributed by atoms with E-state index in [1.165, 1.54) is 5.56 Å². The molecule has 8 heteroatoms. The van der Waals surface area contributed by atoms with Gasteiger partial charge in [-0.15, -0.1) is 24.0 Å². The largest absolute Gasteiger partial charge is 0.454 e. The zero-order valence-corrected chi connectivity index (χ0v) is 17.3. The van der Waals surface area contributed by atoms with E-state index in [2.05, 4.69) is 32.6 Å². The maximum Gasteiger partial charge on any atom is 0.231 e. The van der Waals surface area contributed by atoms with Crippen molar-refractivity contribution in [2.75, 3.05) is 26.9 Å². The van der Waals surface area contributed by atoms with Crippen LogP contribution in [0.15, 0.2) is 35.6 Å². The summed E-state index contributed by atoms with van der Waals surface area (Å²) < 4.78 is 12.7. The Kier molecular flexibility index (Phi) is 5.90. The first-order valence-corrected chi connectivity index (χ1v) is 8.55. The van der Waals surface area contributed by atoms with E-state index >= 15 is 0 Å². The Hall–Kier alpha value is -1.97. The Balaban J connectivity index is 0.00000196. The van der Waals surface area contributed by atoms with Gasteiger partial charge in [0.05, 0.1) is 6.20 Å². The van der Waals surface area contributed by atoms with E-state index in [9.17, 15) is 0 Å². The number of aromatic nitrogens is 2. The molecule has 26 heavy (non-hydrogen) atoms. The van der Waals surface area contributed by atoms with Crippen molar-refractivity contribution in [2.24, 2.45) is 12.0 Å². The Morgan fingerprint density at radius 1 is 1.35 bits per heavy atom. The van der Waals surface area contributed by atoms with E-state index in [0.717, 1.165) is 42.5 Å². The van der Waals surface area contributed by atoms with Gasteiger partial charge in [0.1, 0.15) is 0 Å². The number of aliphatic imine (C=N–C) groups is 1. The first kappa shape index (κ1) is 18.8. The molecule has 140 valence electrons. The number of nitrogens with zero attached hydrogens (tertiary/aromatic N) is 4. The fraction of sp³-hybridized carbons (Fsp3) is 0.444. The van der Waals surface area contributed by atoms with E-state index in [0.29, 0.717) is 19.3 Å². The molecule has 0 saturated carbocycles. The van der Waals surface area contributed by atoms with Crippen molar-refractivity contribution in [2.45, 2.75) is 18.9 Å². The van der Waals surface area contributed by atoms with Crippen LogP contribution in [0.25, 0.3) is 0 Å². The van der Waals surface area contributed by atoms with Gasteiger partial charge in [-0.1, -0.05) is 6.07 Å². The number of nitrogens with one attached hydrogen (secondary N) is 1. The van der Waals surface area contributed by atoms with Crippen LogP contribution in [0.4, 0.5) is 0 Å². The summed E-state index contributed by atoms with van der Waals surface area (Å²) in [5.41, 5.74) is 2.45. The van der Waals surface area contributed by atoms with Gasteiger partial charge in [0, 0.05) is 45.8 Å². The lowest BCUT2D eigenvalue weighted by Crippen LogP contribution is -2.39. The van der Waals surface area contributed by atoms with Crippen LogP contribution < -0.4 is 14.8 Å². The maximum atomic E-state index is 5.44. The number of guanidine groups is 1. The molecular weight excluding hydrogens is 445 g/mol. The second kappa shape index (κ2) is 8.15. The smallest absolute Gasteiger partial charge is 0.231 e. The minimum absolute atomic E-state index is 0. The van der Waals surface area contributed by atoms with Gasteiger partial charge in [-0.25, -0.2) is 0 Å². The molecule has 0 aliphatic carbocycles. The number of fused-ring (bicyclic) bond motifs is 1. The zero-order valence-electron chi connectivity index (χ0n) is 15.0. The summed E-state index contributed by atoms with van der Waals surface area (Å²) in [5, 5.41) is 7.74. The van der Waals surface area contributed by atoms with E-state index < -0.39 is 0 Å². The number of likely N-dealkylation sites (tertiary alicyclic amines) is 1. The van der Waals surface area contributed by atoms with Gasteiger partial charge in [0.25, 0.3) is 0 Å². The fourth-order valence-corrected chi connectivity index (χ4v) is 3.44. The van der Waals surface area contributed by atoms with E-state index in [1.807, 2.05) is 37.1 Å². The van der Waals surface area contributed by atoms with E-state index in [-0.39, 0.29) is 24.0 Å². The predicted octanol–water partition coefficient (Wildman–Crippen LogP) is 2.33. The highest BCUT2D eigenvalue weighted by Gasteiger charge is 2.26. The summed E-state index contributed by atoms with van der Waals surface area (Å²) in [5.74, 6) is 3.07. The van der Waals surface area contributed by atoms with Crippen LogP contribution in [0.3, 0.4) is 0 Å². The first-order valence-electron chi connectivity index (χ1n) is 8.55. The second-order valence-electron chi connectivity index (χ2n) is 6.47. The average Bonchev–Trinajstić information content (AvgIpc) is 3.34. The molecule has 1 fully saturated rings. The Labute approximate surface area is 170 Å². The van der Waals surface area contributed by atoms with Crippen molar-refractivity contribution in [3.05, 3.63) is 41.7 Å². The van der Waals surface area contributed by atoms with E-state index in [4.69, 9.17) is 9.47 Å². The molecule has 0 bridgehead atoms. The highest BCUT2D eigenvalue weighted by atomic mass is 127. The van der Waals surface area contributed by atoms with Crippen LogP contribution in [0, 0.1) is 0 Å². The summed E-state index contributed by atoms with van der Waals surface area (Å²) in [6.07, 6.45) is 5.20. The van der Waals surface area contributed by atoms with Gasteiger partial charge < -0.3 is 19.7 Å². The Bertz CT molecular complexity index is 792. The molecule has 2 aliphatic heterocycles. The second-order valence-corrected chi connectivity index (χ2v) is 6.47. The molecule has 3 heterocycles. The van der Waals surface area contributed by atoms with Crippen molar-refractivity contribution in [3.63, 3.8) is 0 Å². The lowest BCUT2D eigenvalue weighted by Gasteiger charge is -2.21. The van der Waals surface area contributed by atoms with Gasteiger partial charge >= 0.3 is 0 Å². The monoisotopic (exact) mass is 469 g/mol.